The molecule has 2 saturated carbocycles. The number of fused-ring (bicyclic) bond motifs is 1. The van der Waals surface area contributed by atoms with Crippen LogP contribution in [0.5, 0.6) is 0 Å². The van der Waals surface area contributed by atoms with E-state index >= 15 is 0 Å². The molecule has 1 amide bonds. The number of alkyl halides is 3. The Hall–Kier alpha value is -2.68. The number of hydrogen-bond donors (Lipinski definition) is 1. The van der Waals surface area contributed by atoms with E-state index in [9.17, 15) is 18.0 Å². The van der Waals surface area contributed by atoms with Crippen LogP contribution in [0.2, 0.25) is 5.02 Å². The molecule has 6 nitrogen and oxygen atoms in total. The number of carbonyl (C=O) groups is 1. The molecule has 2 aromatic heterocycles. The summed E-state index contributed by atoms with van der Waals surface area (Å²) < 4.78 is 44.6. The summed E-state index contributed by atoms with van der Waals surface area (Å²) in [6, 6.07) is 9.06. The van der Waals surface area contributed by atoms with E-state index in [1.54, 1.807) is 12.1 Å². The van der Waals surface area contributed by atoms with Gasteiger partial charge in [0.1, 0.15) is 5.82 Å². The first kappa shape index (κ1) is 24.0. The second kappa shape index (κ2) is 9.76. The first-order chi connectivity index (χ1) is 16.8. The molecule has 1 N–H and O–H groups in total. The summed E-state index contributed by atoms with van der Waals surface area (Å²) in [6.07, 6.45) is -0.244. The summed E-state index contributed by atoms with van der Waals surface area (Å²) in [4.78, 5) is 17.3. The molecule has 0 aliphatic heterocycles. The Bertz CT molecular complexity index is 1200. The SMILES string of the molecule is O=C(Nc1ccc2cc(Cl)ccc2n1)[C@H]1CC[C@H](c2nnc([C@H]3CC[C@@H](C(F)(F)F)CC3)o2)CC1. The molecule has 2 fully saturated rings. The zero-order valence-corrected chi connectivity index (χ0v) is 19.8. The van der Waals surface area contributed by atoms with Crippen LogP contribution in [0, 0.1) is 11.8 Å². The lowest BCUT2D eigenvalue weighted by atomic mass is 9.81. The first-order valence-corrected chi connectivity index (χ1v) is 12.4. The van der Waals surface area contributed by atoms with Gasteiger partial charge >= 0.3 is 6.18 Å². The predicted octanol–water partition coefficient (Wildman–Crippen LogP) is 7.02. The Morgan fingerprint density at radius 2 is 1.54 bits per heavy atom. The molecule has 5 rings (SSSR count). The standard InChI is InChI=1S/C25H26ClF3N4O2/c26-19-10-11-20-17(13-19)7-12-21(30-20)31-22(34)14-1-3-15(4-2-14)23-32-33-24(35-23)16-5-8-18(9-6-16)25(27,28)29/h7,10-16,18H,1-6,8-9H2,(H,30,31,34)/t14-,15-,16-,18+. The lowest BCUT2D eigenvalue weighted by Gasteiger charge is -2.28. The van der Waals surface area contributed by atoms with Crippen molar-refractivity contribution in [1.29, 1.82) is 0 Å². The summed E-state index contributed by atoms with van der Waals surface area (Å²) in [5.74, 6) is 0.0270. The van der Waals surface area contributed by atoms with Crippen LogP contribution in [0.4, 0.5) is 19.0 Å². The van der Waals surface area contributed by atoms with Crippen molar-refractivity contribution in [2.24, 2.45) is 11.8 Å². The maximum atomic E-state index is 12.9. The maximum Gasteiger partial charge on any atom is 0.391 e. The fraction of sp³-hybridized carbons (Fsp3) is 0.520. The van der Waals surface area contributed by atoms with Gasteiger partial charge in [-0.15, -0.1) is 10.2 Å². The second-order valence-corrected chi connectivity index (χ2v) is 10.1. The Morgan fingerprint density at radius 1 is 0.914 bits per heavy atom. The van der Waals surface area contributed by atoms with Gasteiger partial charge < -0.3 is 9.73 Å². The number of hydrogen-bond acceptors (Lipinski definition) is 5. The van der Waals surface area contributed by atoms with Gasteiger partial charge in [0, 0.05) is 28.2 Å². The smallest absolute Gasteiger partial charge is 0.391 e. The Labute approximate surface area is 205 Å². The van der Waals surface area contributed by atoms with E-state index in [4.69, 9.17) is 16.0 Å². The molecule has 0 bridgehead atoms. The number of nitrogens with one attached hydrogen (secondary N) is 1. The number of amides is 1. The number of benzene rings is 1. The minimum absolute atomic E-state index is 0.0584. The van der Waals surface area contributed by atoms with Crippen molar-refractivity contribution in [3.8, 4) is 0 Å². The van der Waals surface area contributed by atoms with Crippen molar-refractivity contribution in [1.82, 2.24) is 15.2 Å². The van der Waals surface area contributed by atoms with Crippen molar-refractivity contribution in [2.75, 3.05) is 5.32 Å². The Morgan fingerprint density at radius 3 is 2.17 bits per heavy atom. The molecule has 1 aromatic carbocycles. The number of anilines is 1. The summed E-state index contributed by atoms with van der Waals surface area (Å²) >= 11 is 6.01. The third kappa shape index (κ3) is 5.44. The van der Waals surface area contributed by atoms with Crippen LogP contribution in [0.3, 0.4) is 0 Å². The molecule has 0 spiro atoms. The average molecular weight is 507 g/mol. The highest BCUT2D eigenvalue weighted by Gasteiger charge is 2.42. The molecule has 35 heavy (non-hydrogen) atoms. The summed E-state index contributed by atoms with van der Waals surface area (Å²) in [5.41, 5.74) is 0.759. The highest BCUT2D eigenvalue weighted by molar-refractivity contribution is 6.31. The van der Waals surface area contributed by atoms with Gasteiger partial charge in [-0.05, 0) is 81.7 Å². The average Bonchev–Trinajstić information content (AvgIpc) is 3.34. The number of aromatic nitrogens is 3. The fourth-order valence-corrected chi connectivity index (χ4v) is 5.42. The van der Waals surface area contributed by atoms with Gasteiger partial charge in [0.25, 0.3) is 0 Å². The minimum atomic E-state index is -4.13. The number of halogens is 4. The van der Waals surface area contributed by atoms with Gasteiger partial charge in [0.2, 0.25) is 17.7 Å². The fourth-order valence-electron chi connectivity index (χ4n) is 5.24. The summed E-state index contributed by atoms with van der Waals surface area (Å²) in [5, 5.41) is 12.8. The van der Waals surface area contributed by atoms with Gasteiger partial charge in [-0.3, -0.25) is 4.79 Å². The maximum absolute atomic E-state index is 12.9. The van der Waals surface area contributed by atoms with Crippen molar-refractivity contribution in [3.63, 3.8) is 0 Å². The van der Waals surface area contributed by atoms with E-state index in [-0.39, 0.29) is 36.5 Å². The lowest BCUT2D eigenvalue weighted by molar-refractivity contribution is -0.182. The molecule has 0 radical (unpaired) electrons. The summed E-state index contributed by atoms with van der Waals surface area (Å²) in [7, 11) is 0. The topological polar surface area (TPSA) is 80.9 Å². The summed E-state index contributed by atoms with van der Waals surface area (Å²) in [6.45, 7) is 0. The molecule has 2 aliphatic carbocycles. The Kier molecular flexibility index (Phi) is 6.70. The van der Waals surface area contributed by atoms with Crippen LogP contribution in [-0.4, -0.2) is 27.3 Å². The van der Waals surface area contributed by atoms with E-state index in [2.05, 4.69) is 20.5 Å². The number of nitrogens with zero attached hydrogens (tertiary/aromatic N) is 3. The van der Waals surface area contributed by atoms with Crippen molar-refractivity contribution >= 4 is 34.2 Å². The normalized spacial score (nSPS) is 25.5. The highest BCUT2D eigenvalue weighted by Crippen LogP contribution is 2.43. The predicted molar refractivity (Wildman–Crippen MR) is 125 cm³/mol. The van der Waals surface area contributed by atoms with Crippen molar-refractivity contribution < 1.29 is 22.4 Å². The quantitative estimate of drug-likeness (QED) is 0.411. The number of rotatable bonds is 4. The highest BCUT2D eigenvalue weighted by atomic mass is 35.5. The monoisotopic (exact) mass is 506 g/mol. The molecular weight excluding hydrogens is 481 g/mol. The van der Waals surface area contributed by atoms with Gasteiger partial charge in [0.05, 0.1) is 11.4 Å². The van der Waals surface area contributed by atoms with Crippen LogP contribution in [0.25, 0.3) is 10.9 Å². The Balaban J connectivity index is 1.13. The third-order valence-corrected chi connectivity index (χ3v) is 7.58. The molecule has 3 aromatic rings. The van der Waals surface area contributed by atoms with E-state index in [1.807, 2.05) is 18.2 Å². The van der Waals surface area contributed by atoms with Gasteiger partial charge in [-0.1, -0.05) is 11.6 Å². The van der Waals surface area contributed by atoms with Crippen LogP contribution in [0.1, 0.15) is 75.0 Å². The van der Waals surface area contributed by atoms with Crippen LogP contribution in [0.15, 0.2) is 34.7 Å². The number of pyridine rings is 1. The zero-order valence-electron chi connectivity index (χ0n) is 19.0. The lowest BCUT2D eigenvalue weighted by Crippen LogP contribution is -2.27. The van der Waals surface area contributed by atoms with E-state index in [0.717, 1.165) is 23.7 Å². The molecule has 0 atom stereocenters. The van der Waals surface area contributed by atoms with E-state index < -0.39 is 12.1 Å². The van der Waals surface area contributed by atoms with Crippen LogP contribution < -0.4 is 5.32 Å². The first-order valence-electron chi connectivity index (χ1n) is 12.0. The molecular formula is C25H26ClF3N4O2. The third-order valence-electron chi connectivity index (χ3n) is 7.35. The largest absolute Gasteiger partial charge is 0.425 e. The molecule has 0 saturated heterocycles. The molecule has 2 heterocycles. The van der Waals surface area contributed by atoms with E-state index in [1.165, 1.54) is 0 Å². The number of carbonyl (C=O) groups excluding carboxylic acids is 1. The minimum Gasteiger partial charge on any atom is -0.425 e. The molecule has 2 aliphatic rings. The van der Waals surface area contributed by atoms with Gasteiger partial charge in [-0.2, -0.15) is 13.2 Å². The van der Waals surface area contributed by atoms with Crippen LogP contribution >= 0.6 is 11.6 Å². The van der Waals surface area contributed by atoms with Gasteiger partial charge in [-0.25, -0.2) is 4.98 Å². The van der Waals surface area contributed by atoms with Gasteiger partial charge in [0.15, 0.2) is 0 Å². The second-order valence-electron chi connectivity index (χ2n) is 9.64. The molecule has 186 valence electrons. The molecule has 0 unspecified atom stereocenters. The van der Waals surface area contributed by atoms with Crippen molar-refractivity contribution in [2.45, 2.75) is 69.4 Å². The van der Waals surface area contributed by atoms with Crippen LogP contribution in [-0.2, 0) is 4.79 Å². The van der Waals surface area contributed by atoms with Crippen molar-refractivity contribution in [3.05, 3.63) is 47.1 Å². The molecule has 10 heteroatoms. The van der Waals surface area contributed by atoms with E-state index in [0.29, 0.717) is 48.3 Å². The zero-order chi connectivity index (χ0) is 24.6.